The number of rotatable bonds is 4. The molecular weight excluding hydrogens is 338 g/mol. The maximum atomic E-state index is 12.4. The highest BCUT2D eigenvalue weighted by atomic mass is 32.2. The Hall–Kier alpha value is -1.77. The molecule has 0 aromatic carbocycles. The molecule has 0 N–H and O–H groups in total. The molecule has 0 amide bonds. The zero-order valence-corrected chi connectivity index (χ0v) is 16.0. The van der Waals surface area contributed by atoms with Gasteiger partial charge >= 0.3 is 0 Å². The van der Waals surface area contributed by atoms with Crippen LogP contribution in [-0.2, 0) is 10.2 Å². The molecular formula is C17H25N5O2S. The van der Waals surface area contributed by atoms with Gasteiger partial charge in [0.05, 0.1) is 11.4 Å². The lowest BCUT2D eigenvalue weighted by Gasteiger charge is -2.33. The van der Waals surface area contributed by atoms with E-state index in [0.717, 1.165) is 35.7 Å². The van der Waals surface area contributed by atoms with Crippen molar-refractivity contribution in [2.75, 3.05) is 27.2 Å². The van der Waals surface area contributed by atoms with Gasteiger partial charge in [-0.1, -0.05) is 0 Å². The van der Waals surface area contributed by atoms with Crippen LogP contribution < -0.4 is 0 Å². The van der Waals surface area contributed by atoms with E-state index in [1.54, 1.807) is 24.6 Å². The second-order valence-electron chi connectivity index (χ2n) is 6.73. The van der Waals surface area contributed by atoms with Crippen molar-refractivity contribution in [2.24, 2.45) is 0 Å². The number of piperidine rings is 1. The molecule has 2 aromatic heterocycles. The maximum Gasteiger partial charge on any atom is 0.281 e. The summed E-state index contributed by atoms with van der Waals surface area (Å²) in [4.78, 5) is 8.96. The maximum absolute atomic E-state index is 12.4. The zero-order valence-electron chi connectivity index (χ0n) is 15.2. The molecule has 8 heteroatoms. The third-order valence-corrected chi connectivity index (χ3v) is 6.54. The summed E-state index contributed by atoms with van der Waals surface area (Å²) in [5, 5.41) is 0. The van der Waals surface area contributed by atoms with Crippen molar-refractivity contribution >= 4 is 10.2 Å². The van der Waals surface area contributed by atoms with Crippen LogP contribution in [0.5, 0.6) is 0 Å². The molecule has 1 fully saturated rings. The van der Waals surface area contributed by atoms with Crippen molar-refractivity contribution in [3.05, 3.63) is 41.7 Å². The lowest BCUT2D eigenvalue weighted by Crippen LogP contribution is -2.45. The molecule has 25 heavy (non-hydrogen) atoms. The molecule has 7 nitrogen and oxygen atoms in total. The van der Waals surface area contributed by atoms with E-state index in [0.29, 0.717) is 13.1 Å². The van der Waals surface area contributed by atoms with Crippen molar-refractivity contribution in [2.45, 2.75) is 32.6 Å². The Bertz CT molecular complexity index is 860. The van der Waals surface area contributed by atoms with Crippen LogP contribution in [0.2, 0.25) is 0 Å². The number of hydrogen-bond acceptors (Lipinski definition) is 4. The van der Waals surface area contributed by atoms with E-state index >= 15 is 0 Å². The topological polar surface area (TPSA) is 71.3 Å². The predicted molar refractivity (Wildman–Crippen MR) is 97.0 cm³/mol. The quantitative estimate of drug-likeness (QED) is 0.831. The molecule has 0 bridgehead atoms. The van der Waals surface area contributed by atoms with Crippen LogP contribution >= 0.6 is 0 Å². The van der Waals surface area contributed by atoms with Gasteiger partial charge in [0.2, 0.25) is 0 Å². The average Bonchev–Trinajstić information content (AvgIpc) is 2.93. The SMILES string of the molecule is Cc1cn(-c2ccnc(C3CCCN(S(=O)(=O)N(C)C)C3)c2)c(C)n1. The van der Waals surface area contributed by atoms with Gasteiger partial charge in [0.1, 0.15) is 5.82 Å². The van der Waals surface area contributed by atoms with Gasteiger partial charge < -0.3 is 4.57 Å². The van der Waals surface area contributed by atoms with Gasteiger partial charge in [0.25, 0.3) is 10.2 Å². The summed E-state index contributed by atoms with van der Waals surface area (Å²) in [6.45, 7) is 4.98. The average molecular weight is 363 g/mol. The first-order chi connectivity index (χ1) is 11.8. The Labute approximate surface area is 149 Å². The molecule has 3 heterocycles. The fourth-order valence-corrected chi connectivity index (χ4v) is 4.50. The van der Waals surface area contributed by atoms with Crippen molar-refractivity contribution in [3.63, 3.8) is 0 Å². The minimum Gasteiger partial charge on any atom is -0.304 e. The second kappa shape index (κ2) is 6.86. The summed E-state index contributed by atoms with van der Waals surface area (Å²) in [7, 11) is -0.240. The summed E-state index contributed by atoms with van der Waals surface area (Å²) in [5.74, 6) is 1.03. The number of aromatic nitrogens is 3. The molecule has 136 valence electrons. The van der Waals surface area contributed by atoms with Crippen molar-refractivity contribution in [3.8, 4) is 5.69 Å². The summed E-state index contributed by atoms with van der Waals surface area (Å²) in [5.41, 5.74) is 2.91. The van der Waals surface area contributed by atoms with Crippen LogP contribution in [0.1, 0.15) is 36.0 Å². The Kier molecular flexibility index (Phi) is 4.95. The van der Waals surface area contributed by atoms with Crippen LogP contribution in [0, 0.1) is 13.8 Å². The lowest BCUT2D eigenvalue weighted by molar-refractivity contribution is 0.296. The van der Waals surface area contributed by atoms with Gasteiger partial charge in [0, 0.05) is 51.2 Å². The largest absolute Gasteiger partial charge is 0.304 e. The monoisotopic (exact) mass is 363 g/mol. The van der Waals surface area contributed by atoms with Crippen molar-refractivity contribution in [1.82, 2.24) is 23.1 Å². The number of pyridine rings is 1. The molecule has 1 aliphatic heterocycles. The van der Waals surface area contributed by atoms with Crippen LogP contribution in [-0.4, -0.2) is 58.7 Å². The third kappa shape index (κ3) is 3.61. The summed E-state index contributed by atoms with van der Waals surface area (Å²) >= 11 is 0. The number of hydrogen-bond donors (Lipinski definition) is 0. The normalized spacial score (nSPS) is 19.5. The minimum atomic E-state index is -3.38. The highest BCUT2D eigenvalue weighted by molar-refractivity contribution is 7.86. The molecule has 0 saturated carbocycles. The molecule has 0 spiro atoms. The van der Waals surface area contributed by atoms with E-state index < -0.39 is 10.2 Å². The highest BCUT2D eigenvalue weighted by Gasteiger charge is 2.31. The van der Waals surface area contributed by atoms with Gasteiger partial charge in [-0.3, -0.25) is 4.98 Å². The van der Waals surface area contributed by atoms with E-state index in [2.05, 4.69) is 9.97 Å². The van der Waals surface area contributed by atoms with Crippen LogP contribution in [0.3, 0.4) is 0 Å². The standard InChI is InChI=1S/C17H25N5O2S/c1-13-11-22(14(2)19-13)16-7-8-18-17(10-16)15-6-5-9-21(12-15)25(23,24)20(3)4/h7-8,10-11,15H,5-6,9,12H2,1-4H3. The molecule has 1 aliphatic rings. The van der Waals surface area contributed by atoms with Gasteiger partial charge in [-0.2, -0.15) is 17.0 Å². The molecule has 1 unspecified atom stereocenters. The Balaban J connectivity index is 1.87. The summed E-state index contributed by atoms with van der Waals surface area (Å²) in [6, 6.07) is 4.00. The van der Waals surface area contributed by atoms with E-state index in [4.69, 9.17) is 0 Å². The van der Waals surface area contributed by atoms with Gasteiger partial charge in [-0.25, -0.2) is 4.98 Å². The molecule has 1 saturated heterocycles. The molecule has 2 aromatic rings. The van der Waals surface area contributed by atoms with Gasteiger partial charge in [-0.15, -0.1) is 0 Å². The van der Waals surface area contributed by atoms with Crippen LogP contribution in [0.25, 0.3) is 5.69 Å². The second-order valence-corrected chi connectivity index (χ2v) is 8.87. The number of nitrogens with zero attached hydrogens (tertiary/aromatic N) is 5. The summed E-state index contributed by atoms with van der Waals surface area (Å²) < 4.78 is 29.7. The van der Waals surface area contributed by atoms with E-state index in [9.17, 15) is 8.42 Å². The van der Waals surface area contributed by atoms with Gasteiger partial charge in [-0.05, 0) is 38.8 Å². The van der Waals surface area contributed by atoms with Crippen LogP contribution in [0.15, 0.2) is 24.5 Å². The highest BCUT2D eigenvalue weighted by Crippen LogP contribution is 2.28. The Morgan fingerprint density at radius 1 is 1.28 bits per heavy atom. The zero-order chi connectivity index (χ0) is 18.2. The third-order valence-electron chi connectivity index (χ3n) is 4.64. The van der Waals surface area contributed by atoms with Gasteiger partial charge in [0.15, 0.2) is 0 Å². The lowest BCUT2D eigenvalue weighted by atomic mass is 9.95. The minimum absolute atomic E-state index is 0.105. The Morgan fingerprint density at radius 2 is 2.04 bits per heavy atom. The molecule has 1 atom stereocenters. The first-order valence-electron chi connectivity index (χ1n) is 8.45. The number of aryl methyl sites for hydroxylation is 2. The summed E-state index contributed by atoms with van der Waals surface area (Å²) in [6.07, 6.45) is 5.57. The fourth-order valence-electron chi connectivity index (χ4n) is 3.31. The number of imidazole rings is 1. The molecule has 3 rings (SSSR count). The van der Waals surface area contributed by atoms with E-state index in [1.807, 2.05) is 36.7 Å². The van der Waals surface area contributed by atoms with Crippen LogP contribution in [0.4, 0.5) is 0 Å². The van der Waals surface area contributed by atoms with E-state index in [1.165, 1.54) is 4.31 Å². The van der Waals surface area contributed by atoms with Crippen molar-refractivity contribution < 1.29 is 8.42 Å². The fraction of sp³-hybridized carbons (Fsp3) is 0.529. The molecule has 0 aliphatic carbocycles. The van der Waals surface area contributed by atoms with E-state index in [-0.39, 0.29) is 5.92 Å². The first kappa shape index (κ1) is 18.0. The predicted octanol–water partition coefficient (Wildman–Crippen LogP) is 1.87. The Morgan fingerprint density at radius 3 is 2.68 bits per heavy atom. The van der Waals surface area contributed by atoms with Crippen molar-refractivity contribution in [1.29, 1.82) is 0 Å². The first-order valence-corrected chi connectivity index (χ1v) is 9.85. The smallest absolute Gasteiger partial charge is 0.281 e. The molecule has 0 radical (unpaired) electrons.